The van der Waals surface area contributed by atoms with Crippen molar-refractivity contribution in [2.45, 2.75) is 13.2 Å². The SMILES string of the molecule is COc1cccc(Cn2cc(NC(=O)c3ccc(COc4cccc(OC)c4)o3)cn2)c1. The van der Waals surface area contributed by atoms with Gasteiger partial charge in [0.2, 0.25) is 0 Å². The molecule has 0 unspecified atom stereocenters. The Kier molecular flexibility index (Phi) is 6.41. The zero-order valence-electron chi connectivity index (χ0n) is 17.8. The summed E-state index contributed by atoms with van der Waals surface area (Å²) in [7, 11) is 3.23. The van der Waals surface area contributed by atoms with Gasteiger partial charge in [0.1, 0.15) is 29.6 Å². The minimum atomic E-state index is -0.362. The number of methoxy groups -OCH3 is 2. The monoisotopic (exact) mass is 433 g/mol. The largest absolute Gasteiger partial charge is 0.497 e. The number of amides is 1. The average Bonchev–Trinajstić information content (AvgIpc) is 3.47. The molecule has 2 aromatic carbocycles. The number of benzene rings is 2. The molecule has 0 spiro atoms. The number of aromatic nitrogens is 2. The van der Waals surface area contributed by atoms with E-state index in [4.69, 9.17) is 18.6 Å². The number of ether oxygens (including phenoxy) is 3. The van der Waals surface area contributed by atoms with Crippen molar-refractivity contribution in [2.24, 2.45) is 0 Å². The summed E-state index contributed by atoms with van der Waals surface area (Å²) in [5.74, 6) is 2.50. The van der Waals surface area contributed by atoms with Gasteiger partial charge in [0, 0.05) is 12.3 Å². The summed E-state index contributed by atoms with van der Waals surface area (Å²) in [6.45, 7) is 0.749. The number of hydrogen-bond donors (Lipinski definition) is 1. The van der Waals surface area contributed by atoms with Gasteiger partial charge >= 0.3 is 0 Å². The van der Waals surface area contributed by atoms with Crippen LogP contribution in [-0.2, 0) is 13.2 Å². The first-order chi connectivity index (χ1) is 15.6. The molecule has 0 atom stereocenters. The van der Waals surface area contributed by atoms with Crippen LogP contribution in [0.5, 0.6) is 17.2 Å². The highest BCUT2D eigenvalue weighted by Crippen LogP contribution is 2.21. The summed E-state index contributed by atoms with van der Waals surface area (Å²) in [5, 5.41) is 7.09. The molecule has 2 aromatic heterocycles. The molecule has 1 amide bonds. The van der Waals surface area contributed by atoms with Gasteiger partial charge in [0.25, 0.3) is 5.91 Å². The summed E-state index contributed by atoms with van der Waals surface area (Å²) in [6, 6.07) is 18.3. The smallest absolute Gasteiger partial charge is 0.291 e. The number of rotatable bonds is 9. The van der Waals surface area contributed by atoms with Crippen molar-refractivity contribution < 1.29 is 23.4 Å². The lowest BCUT2D eigenvalue weighted by Gasteiger charge is -2.06. The third-order valence-electron chi connectivity index (χ3n) is 4.68. The Bertz CT molecular complexity index is 1200. The minimum Gasteiger partial charge on any atom is -0.497 e. The quantitative estimate of drug-likeness (QED) is 0.422. The van der Waals surface area contributed by atoms with Crippen LogP contribution in [-0.4, -0.2) is 29.9 Å². The Morgan fingerprint density at radius 3 is 2.56 bits per heavy atom. The van der Waals surface area contributed by atoms with E-state index < -0.39 is 0 Å². The molecule has 164 valence electrons. The maximum Gasteiger partial charge on any atom is 0.291 e. The molecule has 2 heterocycles. The first-order valence-corrected chi connectivity index (χ1v) is 9.95. The Morgan fingerprint density at radius 2 is 1.75 bits per heavy atom. The second-order valence-electron chi connectivity index (χ2n) is 6.97. The van der Waals surface area contributed by atoms with E-state index in [1.165, 1.54) is 0 Å². The third kappa shape index (κ3) is 5.28. The summed E-state index contributed by atoms with van der Waals surface area (Å²) in [6.07, 6.45) is 3.35. The van der Waals surface area contributed by atoms with Gasteiger partial charge in [-0.15, -0.1) is 0 Å². The molecular formula is C24H23N3O5. The third-order valence-corrected chi connectivity index (χ3v) is 4.68. The van der Waals surface area contributed by atoms with Gasteiger partial charge in [-0.1, -0.05) is 18.2 Å². The molecule has 32 heavy (non-hydrogen) atoms. The maximum atomic E-state index is 12.5. The van der Waals surface area contributed by atoms with Crippen LogP contribution < -0.4 is 19.5 Å². The zero-order valence-corrected chi connectivity index (χ0v) is 17.8. The second kappa shape index (κ2) is 9.74. The van der Waals surface area contributed by atoms with Gasteiger partial charge in [-0.25, -0.2) is 0 Å². The highest BCUT2D eigenvalue weighted by atomic mass is 16.5. The van der Waals surface area contributed by atoms with Crippen molar-refractivity contribution in [1.29, 1.82) is 0 Å². The molecule has 0 bridgehead atoms. The topological polar surface area (TPSA) is 87.8 Å². The molecule has 0 saturated carbocycles. The Hall–Kier alpha value is -4.20. The summed E-state index contributed by atoms with van der Waals surface area (Å²) in [4.78, 5) is 12.5. The van der Waals surface area contributed by atoms with E-state index in [-0.39, 0.29) is 18.3 Å². The number of nitrogens with one attached hydrogen (secondary N) is 1. The fourth-order valence-corrected chi connectivity index (χ4v) is 3.09. The molecule has 0 aliphatic carbocycles. The van der Waals surface area contributed by atoms with E-state index in [1.807, 2.05) is 42.5 Å². The molecular weight excluding hydrogens is 410 g/mol. The van der Waals surface area contributed by atoms with Gasteiger partial charge in [-0.3, -0.25) is 9.48 Å². The van der Waals surface area contributed by atoms with E-state index in [0.29, 0.717) is 29.5 Å². The lowest BCUT2D eigenvalue weighted by molar-refractivity contribution is 0.0992. The van der Waals surface area contributed by atoms with Crippen LogP contribution in [0.3, 0.4) is 0 Å². The van der Waals surface area contributed by atoms with Crippen LogP contribution in [0.25, 0.3) is 0 Å². The molecule has 1 N–H and O–H groups in total. The van der Waals surface area contributed by atoms with Gasteiger partial charge in [-0.2, -0.15) is 5.10 Å². The molecule has 4 rings (SSSR count). The van der Waals surface area contributed by atoms with Crippen molar-refractivity contribution in [3.8, 4) is 17.2 Å². The number of furan rings is 1. The minimum absolute atomic E-state index is 0.190. The predicted molar refractivity (Wildman–Crippen MR) is 118 cm³/mol. The van der Waals surface area contributed by atoms with E-state index >= 15 is 0 Å². The van der Waals surface area contributed by atoms with Crippen molar-refractivity contribution in [2.75, 3.05) is 19.5 Å². The van der Waals surface area contributed by atoms with Crippen LogP contribution in [0, 0.1) is 0 Å². The highest BCUT2D eigenvalue weighted by molar-refractivity contribution is 6.02. The molecule has 8 heteroatoms. The Balaban J connectivity index is 1.33. The molecule has 4 aromatic rings. The van der Waals surface area contributed by atoms with Crippen molar-refractivity contribution in [3.63, 3.8) is 0 Å². The van der Waals surface area contributed by atoms with Gasteiger partial charge < -0.3 is 23.9 Å². The van der Waals surface area contributed by atoms with E-state index in [2.05, 4.69) is 10.4 Å². The highest BCUT2D eigenvalue weighted by Gasteiger charge is 2.13. The lowest BCUT2D eigenvalue weighted by Crippen LogP contribution is -2.10. The van der Waals surface area contributed by atoms with Crippen LogP contribution in [0.15, 0.2) is 77.5 Å². The van der Waals surface area contributed by atoms with Crippen LogP contribution >= 0.6 is 0 Å². The number of nitrogens with zero attached hydrogens (tertiary/aromatic N) is 2. The Labute approximate surface area is 185 Å². The van der Waals surface area contributed by atoms with E-state index in [0.717, 1.165) is 11.3 Å². The first kappa shape index (κ1) is 21.0. The summed E-state index contributed by atoms with van der Waals surface area (Å²) >= 11 is 0. The molecule has 0 fully saturated rings. The van der Waals surface area contributed by atoms with Crippen molar-refractivity contribution >= 4 is 11.6 Å². The molecule has 0 aliphatic rings. The fourth-order valence-electron chi connectivity index (χ4n) is 3.09. The molecule has 0 saturated heterocycles. The van der Waals surface area contributed by atoms with E-state index in [9.17, 15) is 4.79 Å². The van der Waals surface area contributed by atoms with Crippen LogP contribution in [0.2, 0.25) is 0 Å². The number of hydrogen-bond acceptors (Lipinski definition) is 6. The van der Waals surface area contributed by atoms with Crippen LogP contribution in [0.4, 0.5) is 5.69 Å². The number of carbonyl (C=O) groups excluding carboxylic acids is 1. The summed E-state index contributed by atoms with van der Waals surface area (Å²) in [5.41, 5.74) is 1.61. The number of anilines is 1. The first-order valence-electron chi connectivity index (χ1n) is 9.95. The van der Waals surface area contributed by atoms with E-state index in [1.54, 1.807) is 49.5 Å². The number of carbonyl (C=O) groups is 1. The van der Waals surface area contributed by atoms with Crippen LogP contribution in [0.1, 0.15) is 21.9 Å². The van der Waals surface area contributed by atoms with Gasteiger partial charge in [0.15, 0.2) is 5.76 Å². The molecule has 8 nitrogen and oxygen atoms in total. The van der Waals surface area contributed by atoms with Gasteiger partial charge in [-0.05, 0) is 42.0 Å². The normalized spacial score (nSPS) is 10.6. The predicted octanol–water partition coefficient (Wildman–Crippen LogP) is 4.37. The zero-order chi connectivity index (χ0) is 22.3. The summed E-state index contributed by atoms with van der Waals surface area (Å²) < 4.78 is 23.5. The fraction of sp³-hybridized carbons (Fsp3) is 0.167. The lowest BCUT2D eigenvalue weighted by atomic mass is 10.2. The molecule has 0 radical (unpaired) electrons. The standard InChI is InChI=1S/C24H23N3O5/c1-29-19-6-3-5-17(11-19)14-27-15-18(13-25-27)26-24(28)23-10-9-22(32-23)16-31-21-8-4-7-20(12-21)30-2/h3-13,15H,14,16H2,1-2H3,(H,26,28). The maximum absolute atomic E-state index is 12.5. The van der Waals surface area contributed by atoms with Crippen molar-refractivity contribution in [3.05, 3.63) is 90.1 Å². The van der Waals surface area contributed by atoms with Crippen molar-refractivity contribution in [1.82, 2.24) is 9.78 Å². The second-order valence-corrected chi connectivity index (χ2v) is 6.97. The Morgan fingerprint density at radius 1 is 1.00 bits per heavy atom. The average molecular weight is 433 g/mol. The van der Waals surface area contributed by atoms with Gasteiger partial charge in [0.05, 0.1) is 32.6 Å². The molecule has 0 aliphatic heterocycles.